The Morgan fingerprint density at radius 1 is 1.24 bits per heavy atom. The lowest BCUT2D eigenvalue weighted by Gasteiger charge is -2.12. The molecule has 0 fully saturated rings. The van der Waals surface area contributed by atoms with E-state index in [4.69, 9.17) is 9.47 Å². The average Bonchev–Trinajstić information content (AvgIpc) is 2.41. The Labute approximate surface area is 123 Å². The highest BCUT2D eigenvalue weighted by molar-refractivity contribution is 5.76. The number of carbonyl (C=O) groups is 1. The molecule has 1 N–H and O–H groups in total. The summed E-state index contributed by atoms with van der Waals surface area (Å²) >= 11 is 0. The van der Waals surface area contributed by atoms with Crippen molar-refractivity contribution in [3.05, 3.63) is 33.9 Å². The van der Waals surface area contributed by atoms with Gasteiger partial charge in [-0.25, -0.2) is 0 Å². The van der Waals surface area contributed by atoms with Crippen LogP contribution in [0.4, 0.5) is 0 Å². The lowest BCUT2D eigenvalue weighted by Crippen LogP contribution is -2.31. The molecule has 0 bridgehead atoms. The molecule has 0 atom stereocenters. The van der Waals surface area contributed by atoms with Gasteiger partial charge in [0.2, 0.25) is 0 Å². The third kappa shape index (κ3) is 6.11. The fraction of sp³-hybridized carbons (Fsp3) is 0.500. The Kier molecular flexibility index (Phi) is 7.00. The second-order valence-corrected chi connectivity index (χ2v) is 4.24. The smallest absolute Gasteiger partial charge is 0.291 e. The summed E-state index contributed by atoms with van der Waals surface area (Å²) in [6, 6.07) is 5.56. The van der Waals surface area contributed by atoms with Crippen LogP contribution in [0.3, 0.4) is 0 Å². The highest BCUT2D eigenvalue weighted by Gasteiger charge is 2.09. The third-order valence-corrected chi connectivity index (χ3v) is 2.62. The van der Waals surface area contributed by atoms with Crippen LogP contribution in [0, 0.1) is 10.1 Å². The van der Waals surface area contributed by atoms with Gasteiger partial charge in [-0.05, 0) is 38.0 Å². The van der Waals surface area contributed by atoms with Crippen molar-refractivity contribution in [3.8, 4) is 11.5 Å². The van der Waals surface area contributed by atoms with Crippen LogP contribution < -0.4 is 14.8 Å². The van der Waals surface area contributed by atoms with Gasteiger partial charge in [0.25, 0.3) is 12.5 Å². The van der Waals surface area contributed by atoms with E-state index in [-0.39, 0.29) is 0 Å². The van der Waals surface area contributed by atoms with Gasteiger partial charge in [0, 0.05) is 11.5 Å². The second kappa shape index (κ2) is 8.78. The van der Waals surface area contributed by atoms with Crippen molar-refractivity contribution in [2.75, 3.05) is 26.3 Å². The zero-order chi connectivity index (χ0) is 15.7. The molecule has 0 spiro atoms. The third-order valence-electron chi connectivity index (χ3n) is 2.62. The number of carbonyl (C=O) groups excluding carboxylic acids is 1. The number of nitrogens with one attached hydrogen (secondary N) is 1. The maximum atomic E-state index is 11.2. The van der Waals surface area contributed by atoms with Gasteiger partial charge in [-0.15, -0.1) is 0 Å². The quantitative estimate of drug-likeness (QED) is 0.549. The number of rotatable bonds is 9. The minimum Gasteiger partial charge on any atom is -0.490 e. The molecule has 0 aliphatic heterocycles. The SMILES string of the molecule is CCOc1ccc(CCNC(=O)C[N+](=O)[O-])cc1OCC. The van der Waals surface area contributed by atoms with E-state index < -0.39 is 17.4 Å². The van der Waals surface area contributed by atoms with Crippen LogP contribution in [-0.4, -0.2) is 37.1 Å². The number of amides is 1. The average molecular weight is 296 g/mol. The molecule has 21 heavy (non-hydrogen) atoms. The Balaban J connectivity index is 2.57. The van der Waals surface area contributed by atoms with E-state index in [1.807, 2.05) is 32.0 Å². The molecule has 7 nitrogen and oxygen atoms in total. The number of nitro groups is 1. The van der Waals surface area contributed by atoms with Gasteiger partial charge in [-0.3, -0.25) is 14.9 Å². The summed E-state index contributed by atoms with van der Waals surface area (Å²) in [6.07, 6.45) is 0.565. The van der Waals surface area contributed by atoms with E-state index in [2.05, 4.69) is 5.32 Å². The van der Waals surface area contributed by atoms with Crippen molar-refractivity contribution in [2.24, 2.45) is 0 Å². The monoisotopic (exact) mass is 296 g/mol. The maximum absolute atomic E-state index is 11.2. The molecule has 0 aromatic heterocycles. The number of hydrogen-bond donors (Lipinski definition) is 1. The molecule has 0 saturated heterocycles. The summed E-state index contributed by atoms with van der Waals surface area (Å²) in [5.41, 5.74) is 0.961. The lowest BCUT2D eigenvalue weighted by atomic mass is 10.1. The first-order valence-corrected chi connectivity index (χ1v) is 6.83. The molecule has 0 saturated carbocycles. The molecular weight excluding hydrogens is 276 g/mol. The first-order chi connectivity index (χ1) is 10.1. The molecule has 1 amide bonds. The highest BCUT2D eigenvalue weighted by Crippen LogP contribution is 2.28. The van der Waals surface area contributed by atoms with Gasteiger partial charge in [0.1, 0.15) is 0 Å². The molecule has 7 heteroatoms. The fourth-order valence-corrected chi connectivity index (χ4v) is 1.77. The van der Waals surface area contributed by atoms with Gasteiger partial charge in [0.15, 0.2) is 11.5 Å². The van der Waals surface area contributed by atoms with Crippen LogP contribution in [-0.2, 0) is 11.2 Å². The zero-order valence-electron chi connectivity index (χ0n) is 12.3. The predicted octanol–water partition coefficient (Wildman–Crippen LogP) is 1.42. The summed E-state index contributed by atoms with van der Waals surface area (Å²) < 4.78 is 11.0. The minimum absolute atomic E-state index is 0.340. The molecule has 0 heterocycles. The Hall–Kier alpha value is -2.31. The number of hydrogen-bond acceptors (Lipinski definition) is 5. The number of benzene rings is 1. The van der Waals surface area contributed by atoms with E-state index in [0.29, 0.717) is 37.7 Å². The zero-order valence-corrected chi connectivity index (χ0v) is 12.3. The highest BCUT2D eigenvalue weighted by atomic mass is 16.6. The van der Waals surface area contributed by atoms with Crippen LogP contribution in [0.2, 0.25) is 0 Å². The first kappa shape index (κ1) is 16.7. The fourth-order valence-electron chi connectivity index (χ4n) is 1.77. The van der Waals surface area contributed by atoms with E-state index in [9.17, 15) is 14.9 Å². The Morgan fingerprint density at radius 2 is 1.90 bits per heavy atom. The van der Waals surface area contributed by atoms with Gasteiger partial charge in [-0.2, -0.15) is 0 Å². The van der Waals surface area contributed by atoms with Crippen LogP contribution in [0.15, 0.2) is 18.2 Å². The largest absolute Gasteiger partial charge is 0.490 e. The molecule has 0 aliphatic rings. The molecule has 0 aliphatic carbocycles. The summed E-state index contributed by atoms with van der Waals surface area (Å²) in [5, 5.41) is 12.7. The van der Waals surface area contributed by atoms with Crippen molar-refractivity contribution in [1.29, 1.82) is 0 Å². The number of ether oxygens (including phenoxy) is 2. The molecule has 0 radical (unpaired) electrons. The van der Waals surface area contributed by atoms with Crippen LogP contribution in [0.1, 0.15) is 19.4 Å². The van der Waals surface area contributed by atoms with Gasteiger partial charge in [-0.1, -0.05) is 6.07 Å². The molecule has 0 unspecified atom stereocenters. The van der Waals surface area contributed by atoms with Crippen LogP contribution in [0.5, 0.6) is 11.5 Å². The van der Waals surface area contributed by atoms with Crippen molar-refractivity contribution in [3.63, 3.8) is 0 Å². The Bertz CT molecular complexity index is 490. The number of nitrogens with zero attached hydrogens (tertiary/aromatic N) is 1. The van der Waals surface area contributed by atoms with E-state index in [1.54, 1.807) is 0 Å². The molecule has 116 valence electrons. The van der Waals surface area contributed by atoms with Crippen molar-refractivity contribution < 1.29 is 19.2 Å². The molecule has 1 aromatic carbocycles. The molecule has 1 rings (SSSR count). The van der Waals surface area contributed by atoms with E-state index >= 15 is 0 Å². The van der Waals surface area contributed by atoms with Crippen molar-refractivity contribution >= 4 is 5.91 Å². The Morgan fingerprint density at radius 3 is 2.52 bits per heavy atom. The van der Waals surface area contributed by atoms with Gasteiger partial charge < -0.3 is 14.8 Å². The van der Waals surface area contributed by atoms with Gasteiger partial charge in [0.05, 0.1) is 13.2 Å². The summed E-state index contributed by atoms with van der Waals surface area (Å²) in [6.45, 7) is 4.51. The van der Waals surface area contributed by atoms with Crippen molar-refractivity contribution in [1.82, 2.24) is 5.32 Å². The summed E-state index contributed by atoms with van der Waals surface area (Å²) in [7, 11) is 0. The molecule has 1 aromatic rings. The lowest BCUT2D eigenvalue weighted by molar-refractivity contribution is -0.467. The maximum Gasteiger partial charge on any atom is 0.291 e. The minimum atomic E-state index is -0.701. The summed E-state index contributed by atoms with van der Waals surface area (Å²) in [5.74, 6) is 0.755. The van der Waals surface area contributed by atoms with E-state index in [1.165, 1.54) is 0 Å². The standard InChI is InChI=1S/C14H20N2O5/c1-3-20-12-6-5-11(9-13(12)21-4-2)7-8-15-14(17)10-16(18)19/h5-6,9H,3-4,7-8,10H2,1-2H3,(H,15,17). The van der Waals surface area contributed by atoms with Gasteiger partial charge >= 0.3 is 0 Å². The topological polar surface area (TPSA) is 90.7 Å². The normalized spacial score (nSPS) is 10.0. The van der Waals surface area contributed by atoms with E-state index in [0.717, 1.165) is 5.56 Å². The van der Waals surface area contributed by atoms with Crippen LogP contribution >= 0.6 is 0 Å². The summed E-state index contributed by atoms with van der Waals surface area (Å²) in [4.78, 5) is 20.7. The predicted molar refractivity (Wildman–Crippen MR) is 77.4 cm³/mol. The molecular formula is C14H20N2O5. The second-order valence-electron chi connectivity index (χ2n) is 4.24. The van der Waals surface area contributed by atoms with Crippen molar-refractivity contribution in [2.45, 2.75) is 20.3 Å². The van der Waals surface area contributed by atoms with Crippen LogP contribution in [0.25, 0.3) is 0 Å². The first-order valence-electron chi connectivity index (χ1n) is 6.83.